The van der Waals surface area contributed by atoms with E-state index in [-0.39, 0.29) is 0 Å². The zero-order valence-corrected chi connectivity index (χ0v) is 10.3. The first-order valence-electron chi connectivity index (χ1n) is 6.14. The predicted octanol–water partition coefficient (Wildman–Crippen LogP) is 3.18. The van der Waals surface area contributed by atoms with Crippen LogP contribution in [-0.2, 0) is 13.1 Å². The molecule has 86 valence electrons. The number of hydrogen-bond acceptors (Lipinski definition) is 1. The van der Waals surface area contributed by atoms with E-state index in [2.05, 4.69) is 49.1 Å². The van der Waals surface area contributed by atoms with E-state index in [1.807, 2.05) is 0 Å². The Morgan fingerprint density at radius 1 is 1.33 bits per heavy atom. The van der Waals surface area contributed by atoms with Crippen LogP contribution in [0.2, 0.25) is 0 Å². The topological polar surface area (TPSA) is 17.0 Å². The second-order valence-corrected chi connectivity index (χ2v) is 4.33. The van der Waals surface area contributed by atoms with E-state index in [1.165, 1.54) is 24.8 Å². The zero-order valence-electron chi connectivity index (χ0n) is 10.3. The molecule has 2 nitrogen and oxygen atoms in total. The Bertz CT molecular complexity index is 265. The van der Waals surface area contributed by atoms with Gasteiger partial charge in [0.1, 0.15) is 0 Å². The molecule has 1 N–H and O–H groups in total. The van der Waals surface area contributed by atoms with Crippen LogP contribution in [0.1, 0.15) is 45.6 Å². The molecule has 15 heavy (non-hydrogen) atoms. The number of aromatic nitrogens is 1. The number of aryl methyl sites for hydroxylation is 1. The van der Waals surface area contributed by atoms with Crippen molar-refractivity contribution in [1.82, 2.24) is 9.88 Å². The lowest BCUT2D eigenvalue weighted by Gasteiger charge is -2.11. The van der Waals surface area contributed by atoms with Gasteiger partial charge in [-0.1, -0.05) is 20.3 Å². The average Bonchev–Trinajstić information content (AvgIpc) is 2.64. The Hall–Kier alpha value is -0.760. The number of hydrogen-bond donors (Lipinski definition) is 1. The Balaban J connectivity index is 2.30. The van der Waals surface area contributed by atoms with Gasteiger partial charge >= 0.3 is 0 Å². The molecule has 0 saturated heterocycles. The van der Waals surface area contributed by atoms with E-state index in [1.54, 1.807) is 0 Å². The molecule has 0 aliphatic heterocycles. The van der Waals surface area contributed by atoms with Crippen LogP contribution >= 0.6 is 0 Å². The highest BCUT2D eigenvalue weighted by atomic mass is 14.9. The van der Waals surface area contributed by atoms with Crippen molar-refractivity contribution in [1.29, 1.82) is 0 Å². The lowest BCUT2D eigenvalue weighted by molar-refractivity contribution is 0.508. The van der Waals surface area contributed by atoms with E-state index in [9.17, 15) is 0 Å². The van der Waals surface area contributed by atoms with Gasteiger partial charge in [-0.15, -0.1) is 0 Å². The second kappa shape index (κ2) is 6.67. The zero-order chi connectivity index (χ0) is 11.1. The van der Waals surface area contributed by atoms with E-state index >= 15 is 0 Å². The van der Waals surface area contributed by atoms with Gasteiger partial charge in [0.25, 0.3) is 0 Å². The number of nitrogens with zero attached hydrogens (tertiary/aromatic N) is 1. The molecule has 1 aromatic rings. The fourth-order valence-electron chi connectivity index (χ4n) is 1.82. The lowest BCUT2D eigenvalue weighted by atomic mass is 10.2. The van der Waals surface area contributed by atoms with Gasteiger partial charge in [0.05, 0.1) is 0 Å². The summed E-state index contributed by atoms with van der Waals surface area (Å²) < 4.78 is 2.27. The molecule has 1 atom stereocenters. The van der Waals surface area contributed by atoms with Crippen LogP contribution in [0, 0.1) is 0 Å². The average molecular weight is 208 g/mol. The molecule has 1 unspecified atom stereocenters. The summed E-state index contributed by atoms with van der Waals surface area (Å²) in [5.41, 5.74) is 1.39. The van der Waals surface area contributed by atoms with Crippen molar-refractivity contribution in [2.45, 2.75) is 59.2 Å². The maximum absolute atomic E-state index is 3.54. The minimum Gasteiger partial charge on any atom is -0.354 e. The van der Waals surface area contributed by atoms with E-state index < -0.39 is 0 Å². The minimum absolute atomic E-state index is 0.629. The molecular formula is C13H24N2. The molecule has 2 heteroatoms. The largest absolute Gasteiger partial charge is 0.354 e. The first kappa shape index (κ1) is 12.3. The summed E-state index contributed by atoms with van der Waals surface area (Å²) in [4.78, 5) is 0. The summed E-state index contributed by atoms with van der Waals surface area (Å²) in [5.74, 6) is 0. The molecule has 0 saturated carbocycles. The monoisotopic (exact) mass is 208 g/mol. The first-order chi connectivity index (χ1) is 7.26. The summed E-state index contributed by atoms with van der Waals surface area (Å²) >= 11 is 0. The molecule has 0 spiro atoms. The molecule has 1 heterocycles. The molecule has 0 aliphatic rings. The van der Waals surface area contributed by atoms with Gasteiger partial charge in [0.15, 0.2) is 0 Å². The lowest BCUT2D eigenvalue weighted by Crippen LogP contribution is -2.24. The van der Waals surface area contributed by atoms with Crippen LogP contribution in [0.3, 0.4) is 0 Å². The van der Waals surface area contributed by atoms with Crippen LogP contribution in [0.5, 0.6) is 0 Å². The van der Waals surface area contributed by atoms with Crippen LogP contribution < -0.4 is 5.32 Å². The van der Waals surface area contributed by atoms with Crippen LogP contribution in [0.15, 0.2) is 18.5 Å². The van der Waals surface area contributed by atoms with Crippen molar-refractivity contribution < 1.29 is 0 Å². The normalized spacial score (nSPS) is 13.0. The smallest absolute Gasteiger partial charge is 0.0223 e. The summed E-state index contributed by atoms with van der Waals surface area (Å²) in [6.45, 7) is 8.83. The summed E-state index contributed by atoms with van der Waals surface area (Å²) in [7, 11) is 0. The summed E-state index contributed by atoms with van der Waals surface area (Å²) in [6.07, 6.45) is 8.13. The molecule has 0 radical (unpaired) electrons. The van der Waals surface area contributed by atoms with Crippen LogP contribution in [0.4, 0.5) is 0 Å². The second-order valence-electron chi connectivity index (χ2n) is 4.33. The molecule has 1 rings (SSSR count). The van der Waals surface area contributed by atoms with E-state index in [0.29, 0.717) is 6.04 Å². The minimum atomic E-state index is 0.629. The molecule has 1 aromatic heterocycles. The third-order valence-electron chi connectivity index (χ3n) is 2.67. The van der Waals surface area contributed by atoms with Crippen molar-refractivity contribution in [2.24, 2.45) is 0 Å². The van der Waals surface area contributed by atoms with Gasteiger partial charge in [-0.2, -0.15) is 0 Å². The molecule has 0 aliphatic carbocycles. The van der Waals surface area contributed by atoms with Crippen molar-refractivity contribution in [3.8, 4) is 0 Å². The van der Waals surface area contributed by atoms with Crippen molar-refractivity contribution in [2.75, 3.05) is 0 Å². The van der Waals surface area contributed by atoms with E-state index in [0.717, 1.165) is 13.1 Å². The Morgan fingerprint density at radius 3 is 2.80 bits per heavy atom. The fourth-order valence-corrected chi connectivity index (χ4v) is 1.82. The van der Waals surface area contributed by atoms with Crippen LogP contribution in [-0.4, -0.2) is 10.6 Å². The van der Waals surface area contributed by atoms with Gasteiger partial charge in [-0.05, 0) is 31.4 Å². The first-order valence-corrected chi connectivity index (χ1v) is 6.14. The molecular weight excluding hydrogens is 184 g/mol. The van der Waals surface area contributed by atoms with E-state index in [4.69, 9.17) is 0 Å². The van der Waals surface area contributed by atoms with Crippen molar-refractivity contribution in [3.63, 3.8) is 0 Å². The molecule has 0 amide bonds. The van der Waals surface area contributed by atoms with Crippen molar-refractivity contribution in [3.05, 3.63) is 24.0 Å². The highest BCUT2D eigenvalue weighted by Gasteiger charge is 2.00. The standard InChI is InChI=1S/C13H24N2/c1-4-6-12(3)14-10-13-7-9-15(11-13)8-5-2/h7,9,11-12,14H,4-6,8,10H2,1-3H3. The quantitative estimate of drug-likeness (QED) is 0.728. The Labute approximate surface area is 93.7 Å². The SMILES string of the molecule is CCCC(C)NCc1ccn(CCC)c1. The van der Waals surface area contributed by atoms with Gasteiger partial charge < -0.3 is 9.88 Å². The van der Waals surface area contributed by atoms with Crippen LogP contribution in [0.25, 0.3) is 0 Å². The summed E-state index contributed by atoms with van der Waals surface area (Å²) in [6, 6.07) is 2.84. The molecule has 0 bridgehead atoms. The predicted molar refractivity (Wildman–Crippen MR) is 65.9 cm³/mol. The third-order valence-corrected chi connectivity index (χ3v) is 2.67. The summed E-state index contributed by atoms with van der Waals surface area (Å²) in [5, 5.41) is 3.54. The van der Waals surface area contributed by atoms with Gasteiger partial charge in [-0.25, -0.2) is 0 Å². The van der Waals surface area contributed by atoms with Gasteiger partial charge in [0.2, 0.25) is 0 Å². The van der Waals surface area contributed by atoms with Gasteiger partial charge in [-0.3, -0.25) is 0 Å². The maximum atomic E-state index is 3.54. The Kier molecular flexibility index (Phi) is 5.48. The number of rotatable bonds is 7. The third kappa shape index (κ3) is 4.52. The Morgan fingerprint density at radius 2 is 2.13 bits per heavy atom. The highest BCUT2D eigenvalue weighted by Crippen LogP contribution is 2.03. The molecule has 0 aromatic carbocycles. The number of nitrogens with one attached hydrogen (secondary N) is 1. The fraction of sp³-hybridized carbons (Fsp3) is 0.692. The highest BCUT2D eigenvalue weighted by molar-refractivity contribution is 5.09. The van der Waals surface area contributed by atoms with Gasteiger partial charge in [0, 0.05) is 31.5 Å². The van der Waals surface area contributed by atoms with Crippen molar-refractivity contribution >= 4 is 0 Å². The molecule has 0 fully saturated rings. The maximum Gasteiger partial charge on any atom is 0.0223 e.